The maximum absolute atomic E-state index is 12.7. The second-order valence-corrected chi connectivity index (χ2v) is 10.1. The SMILES string of the molecule is O=C(O)Cc1ccc(S(=O)(=O)N2CCC3(CCCCC3)CC2)s1. The van der Waals surface area contributed by atoms with Crippen molar-refractivity contribution in [3.05, 3.63) is 17.0 Å². The second-order valence-electron chi connectivity index (χ2n) is 6.76. The Hall–Kier alpha value is -0.920. The predicted octanol–water partition coefficient (Wildman–Crippen LogP) is 3.11. The molecule has 1 aliphatic carbocycles. The van der Waals surface area contributed by atoms with Gasteiger partial charge in [0, 0.05) is 18.0 Å². The third-order valence-corrected chi connectivity index (χ3v) is 8.71. The van der Waals surface area contributed by atoms with Crippen molar-refractivity contribution in [2.45, 2.75) is 55.6 Å². The van der Waals surface area contributed by atoms with Gasteiger partial charge in [-0.1, -0.05) is 19.3 Å². The summed E-state index contributed by atoms with van der Waals surface area (Å²) in [5.41, 5.74) is 0.369. The number of carboxylic acids is 1. The molecular formula is C16H23NO4S2. The van der Waals surface area contributed by atoms with E-state index >= 15 is 0 Å². The van der Waals surface area contributed by atoms with Gasteiger partial charge in [-0.2, -0.15) is 4.31 Å². The number of carboxylic acid groups (broad SMARTS) is 1. The van der Waals surface area contributed by atoms with Crippen LogP contribution in [0.2, 0.25) is 0 Å². The number of hydrogen-bond donors (Lipinski definition) is 1. The normalized spacial score (nSPS) is 22.3. The molecule has 0 bridgehead atoms. The van der Waals surface area contributed by atoms with Gasteiger partial charge in [-0.15, -0.1) is 11.3 Å². The molecule has 1 aliphatic heterocycles. The number of hydrogen-bond acceptors (Lipinski definition) is 4. The molecule has 0 aromatic carbocycles. The highest BCUT2D eigenvalue weighted by Crippen LogP contribution is 2.45. The van der Waals surface area contributed by atoms with Crippen LogP contribution in [0.1, 0.15) is 49.8 Å². The molecule has 1 aromatic rings. The highest BCUT2D eigenvalue weighted by Gasteiger charge is 2.39. The van der Waals surface area contributed by atoms with Gasteiger partial charge in [-0.05, 0) is 43.2 Å². The fraction of sp³-hybridized carbons (Fsp3) is 0.688. The third-order valence-electron chi connectivity index (χ3n) is 5.25. The molecule has 1 saturated heterocycles. The number of nitrogens with zero attached hydrogens (tertiary/aromatic N) is 1. The Morgan fingerprint density at radius 3 is 2.39 bits per heavy atom. The second kappa shape index (κ2) is 6.53. The van der Waals surface area contributed by atoms with Crippen LogP contribution in [0.5, 0.6) is 0 Å². The number of thiophene rings is 1. The fourth-order valence-electron chi connectivity index (χ4n) is 3.87. The van der Waals surface area contributed by atoms with Crippen molar-refractivity contribution in [1.82, 2.24) is 4.31 Å². The molecule has 1 saturated carbocycles. The van der Waals surface area contributed by atoms with E-state index in [4.69, 9.17) is 5.11 Å². The molecule has 1 aromatic heterocycles. The van der Waals surface area contributed by atoms with Crippen molar-refractivity contribution in [2.75, 3.05) is 13.1 Å². The first kappa shape index (κ1) is 16.9. The van der Waals surface area contributed by atoms with Gasteiger partial charge in [0.15, 0.2) is 0 Å². The van der Waals surface area contributed by atoms with Crippen molar-refractivity contribution in [2.24, 2.45) is 5.41 Å². The Morgan fingerprint density at radius 1 is 1.13 bits per heavy atom. The number of carbonyl (C=O) groups is 1. The minimum atomic E-state index is -3.47. The summed E-state index contributed by atoms with van der Waals surface area (Å²) in [5, 5.41) is 8.82. The summed E-state index contributed by atoms with van der Waals surface area (Å²) in [6, 6.07) is 3.15. The molecule has 23 heavy (non-hydrogen) atoms. The molecular weight excluding hydrogens is 334 g/mol. The van der Waals surface area contributed by atoms with Crippen LogP contribution in [0.25, 0.3) is 0 Å². The van der Waals surface area contributed by atoms with Crippen LogP contribution in [0.4, 0.5) is 0 Å². The van der Waals surface area contributed by atoms with Crippen LogP contribution in [0, 0.1) is 5.41 Å². The van der Waals surface area contributed by atoms with E-state index in [9.17, 15) is 13.2 Å². The van der Waals surface area contributed by atoms with E-state index in [1.807, 2.05) is 0 Å². The molecule has 2 fully saturated rings. The predicted molar refractivity (Wildman–Crippen MR) is 89.2 cm³/mol. The maximum Gasteiger partial charge on any atom is 0.308 e. The van der Waals surface area contributed by atoms with Crippen LogP contribution in [-0.4, -0.2) is 36.9 Å². The van der Waals surface area contributed by atoms with E-state index in [0.717, 1.165) is 24.2 Å². The van der Waals surface area contributed by atoms with E-state index < -0.39 is 16.0 Å². The maximum atomic E-state index is 12.7. The summed E-state index contributed by atoms with van der Waals surface area (Å²) < 4.78 is 27.4. The smallest absolute Gasteiger partial charge is 0.308 e. The van der Waals surface area contributed by atoms with Crippen LogP contribution < -0.4 is 0 Å². The molecule has 1 spiro atoms. The van der Waals surface area contributed by atoms with E-state index in [-0.39, 0.29) is 10.6 Å². The lowest BCUT2D eigenvalue weighted by Crippen LogP contribution is -2.43. The van der Waals surface area contributed by atoms with E-state index in [0.29, 0.717) is 23.4 Å². The average molecular weight is 357 g/mol. The summed E-state index contributed by atoms with van der Waals surface area (Å²) in [6.07, 6.45) is 8.13. The van der Waals surface area contributed by atoms with Crippen molar-refractivity contribution in [3.63, 3.8) is 0 Å². The Balaban J connectivity index is 1.69. The number of piperidine rings is 1. The van der Waals surface area contributed by atoms with Gasteiger partial charge in [-0.25, -0.2) is 8.42 Å². The van der Waals surface area contributed by atoms with Crippen LogP contribution in [-0.2, 0) is 21.2 Å². The molecule has 0 unspecified atom stereocenters. The van der Waals surface area contributed by atoms with Crippen LogP contribution in [0.3, 0.4) is 0 Å². The molecule has 3 rings (SSSR count). The number of rotatable bonds is 4. The van der Waals surface area contributed by atoms with Crippen molar-refractivity contribution in [1.29, 1.82) is 0 Å². The Labute approximate surface area is 141 Å². The van der Waals surface area contributed by atoms with Gasteiger partial charge >= 0.3 is 5.97 Å². The summed E-state index contributed by atoms with van der Waals surface area (Å²) >= 11 is 1.08. The highest BCUT2D eigenvalue weighted by atomic mass is 32.2. The van der Waals surface area contributed by atoms with Gasteiger partial charge in [-0.3, -0.25) is 4.79 Å². The molecule has 128 valence electrons. The quantitative estimate of drug-likeness (QED) is 0.898. The van der Waals surface area contributed by atoms with Gasteiger partial charge in [0.1, 0.15) is 4.21 Å². The third kappa shape index (κ3) is 3.61. The lowest BCUT2D eigenvalue weighted by atomic mass is 9.68. The molecule has 7 heteroatoms. The van der Waals surface area contributed by atoms with Gasteiger partial charge < -0.3 is 5.11 Å². The van der Waals surface area contributed by atoms with E-state index in [1.54, 1.807) is 16.4 Å². The van der Waals surface area contributed by atoms with Crippen LogP contribution in [0.15, 0.2) is 16.3 Å². The molecule has 0 amide bonds. The zero-order valence-electron chi connectivity index (χ0n) is 13.2. The fourth-order valence-corrected chi connectivity index (χ4v) is 6.81. The number of sulfonamides is 1. The van der Waals surface area contributed by atoms with Gasteiger partial charge in [0.25, 0.3) is 10.0 Å². The van der Waals surface area contributed by atoms with Crippen LogP contribution >= 0.6 is 11.3 Å². The summed E-state index contributed by atoms with van der Waals surface area (Å²) in [5.74, 6) is -0.937. The topological polar surface area (TPSA) is 74.7 Å². The molecule has 0 atom stereocenters. The Bertz CT molecular complexity index is 664. The first-order valence-corrected chi connectivity index (χ1v) is 10.5. The van der Waals surface area contributed by atoms with Crippen molar-refractivity contribution < 1.29 is 18.3 Å². The minimum Gasteiger partial charge on any atom is -0.481 e. The first-order chi connectivity index (χ1) is 10.9. The molecule has 0 radical (unpaired) electrons. The largest absolute Gasteiger partial charge is 0.481 e. The monoisotopic (exact) mass is 357 g/mol. The van der Waals surface area contributed by atoms with E-state index in [2.05, 4.69) is 0 Å². The van der Waals surface area contributed by atoms with Crippen molar-refractivity contribution in [3.8, 4) is 0 Å². The standard InChI is InChI=1S/C16H23NO4S2/c18-14(19)12-13-4-5-15(22-13)23(20,21)17-10-8-16(9-11-17)6-2-1-3-7-16/h4-5H,1-3,6-12H2,(H,18,19). The lowest BCUT2D eigenvalue weighted by molar-refractivity contribution is -0.136. The minimum absolute atomic E-state index is 0.122. The van der Waals surface area contributed by atoms with Gasteiger partial charge in [0.2, 0.25) is 0 Å². The van der Waals surface area contributed by atoms with Gasteiger partial charge in [0.05, 0.1) is 6.42 Å². The molecule has 2 heterocycles. The summed E-state index contributed by atoms with van der Waals surface area (Å²) in [4.78, 5) is 11.3. The Morgan fingerprint density at radius 2 is 1.78 bits per heavy atom. The number of aliphatic carboxylic acids is 1. The molecule has 2 aliphatic rings. The zero-order valence-corrected chi connectivity index (χ0v) is 14.8. The summed E-state index contributed by atoms with van der Waals surface area (Å²) in [7, 11) is -3.47. The summed E-state index contributed by atoms with van der Waals surface area (Å²) in [6.45, 7) is 1.18. The molecule has 5 nitrogen and oxygen atoms in total. The molecule has 1 N–H and O–H groups in total. The van der Waals surface area contributed by atoms with Crippen molar-refractivity contribution >= 4 is 27.3 Å². The Kier molecular flexibility index (Phi) is 4.80. The zero-order chi connectivity index (χ0) is 16.5. The first-order valence-electron chi connectivity index (χ1n) is 8.22. The average Bonchev–Trinajstić information content (AvgIpc) is 2.97. The highest BCUT2D eigenvalue weighted by molar-refractivity contribution is 7.91. The lowest BCUT2D eigenvalue weighted by Gasteiger charge is -2.43. The van der Waals surface area contributed by atoms with E-state index in [1.165, 1.54) is 32.1 Å².